The van der Waals surface area contributed by atoms with Gasteiger partial charge >= 0.3 is 6.03 Å². The van der Waals surface area contributed by atoms with E-state index in [-0.39, 0.29) is 12.5 Å². The van der Waals surface area contributed by atoms with Gasteiger partial charge in [0.15, 0.2) is 0 Å². The number of amides is 4. The van der Waals surface area contributed by atoms with Crippen molar-refractivity contribution >= 4 is 34.5 Å². The van der Waals surface area contributed by atoms with E-state index in [9.17, 15) is 14.4 Å². The molecule has 1 aromatic heterocycles. The fraction of sp³-hybridized carbons (Fsp3) is 0.353. The number of hydrogen-bond acceptors (Lipinski definition) is 4. The molecule has 126 valence electrons. The highest BCUT2D eigenvalue weighted by molar-refractivity contribution is 6.08. The minimum absolute atomic E-state index is 0.202. The standard InChI is InChI=1S/C17H19N3O4/c1-9-10(2)24-13-6-5-11(7-12(9)13)18-14(21)8-20-16(23)19-15(22)17(20,3)4/h5-7H,8H2,1-4H3,(H,18,21)(H,19,22,23). The van der Waals surface area contributed by atoms with Crippen molar-refractivity contribution in [3.05, 3.63) is 29.5 Å². The Morgan fingerprint density at radius 3 is 2.62 bits per heavy atom. The molecular formula is C17H19N3O4. The topological polar surface area (TPSA) is 91.7 Å². The quantitative estimate of drug-likeness (QED) is 0.845. The molecule has 0 radical (unpaired) electrons. The van der Waals surface area contributed by atoms with E-state index < -0.39 is 17.5 Å². The molecule has 0 saturated carbocycles. The first-order chi connectivity index (χ1) is 11.2. The van der Waals surface area contributed by atoms with Crippen LogP contribution in [-0.4, -0.2) is 34.8 Å². The number of nitrogens with zero attached hydrogens (tertiary/aromatic N) is 1. The first kappa shape index (κ1) is 16.0. The van der Waals surface area contributed by atoms with Gasteiger partial charge in [-0.25, -0.2) is 4.79 Å². The molecule has 2 aromatic rings. The van der Waals surface area contributed by atoms with E-state index in [0.717, 1.165) is 22.3 Å². The van der Waals surface area contributed by atoms with Gasteiger partial charge in [-0.1, -0.05) is 0 Å². The normalized spacial score (nSPS) is 16.6. The van der Waals surface area contributed by atoms with Crippen LogP contribution in [0, 0.1) is 13.8 Å². The molecule has 2 heterocycles. The number of anilines is 1. The molecule has 4 amide bonds. The van der Waals surface area contributed by atoms with E-state index in [0.29, 0.717) is 5.69 Å². The van der Waals surface area contributed by atoms with Gasteiger partial charge in [0.05, 0.1) is 0 Å². The Bertz CT molecular complexity index is 866. The third-order valence-corrected chi connectivity index (χ3v) is 4.46. The van der Waals surface area contributed by atoms with E-state index in [2.05, 4.69) is 10.6 Å². The van der Waals surface area contributed by atoms with Crippen molar-refractivity contribution in [1.29, 1.82) is 0 Å². The van der Waals surface area contributed by atoms with E-state index in [1.807, 2.05) is 19.9 Å². The Morgan fingerprint density at radius 1 is 1.29 bits per heavy atom. The van der Waals surface area contributed by atoms with Crippen LogP contribution in [0.4, 0.5) is 10.5 Å². The summed E-state index contributed by atoms with van der Waals surface area (Å²) in [6, 6.07) is 4.81. The molecule has 0 spiro atoms. The Morgan fingerprint density at radius 2 is 2.00 bits per heavy atom. The summed E-state index contributed by atoms with van der Waals surface area (Å²) >= 11 is 0. The van der Waals surface area contributed by atoms with Crippen molar-refractivity contribution in [2.45, 2.75) is 33.2 Å². The fourth-order valence-corrected chi connectivity index (χ4v) is 2.73. The van der Waals surface area contributed by atoms with Gasteiger partial charge < -0.3 is 14.6 Å². The number of fused-ring (bicyclic) bond motifs is 1. The molecule has 24 heavy (non-hydrogen) atoms. The third-order valence-electron chi connectivity index (χ3n) is 4.46. The molecule has 1 fully saturated rings. The molecule has 0 bridgehead atoms. The molecule has 0 aliphatic carbocycles. The number of furan rings is 1. The minimum atomic E-state index is -1.05. The van der Waals surface area contributed by atoms with Gasteiger partial charge in [-0.05, 0) is 51.5 Å². The van der Waals surface area contributed by atoms with Gasteiger partial charge in [0, 0.05) is 11.1 Å². The minimum Gasteiger partial charge on any atom is -0.461 e. The van der Waals surface area contributed by atoms with Gasteiger partial charge in [-0.3, -0.25) is 14.9 Å². The summed E-state index contributed by atoms with van der Waals surface area (Å²) in [6.45, 7) is 6.84. The number of hydrogen-bond donors (Lipinski definition) is 2. The highest BCUT2D eigenvalue weighted by Crippen LogP contribution is 2.27. The highest BCUT2D eigenvalue weighted by atomic mass is 16.3. The molecular weight excluding hydrogens is 310 g/mol. The second-order valence-electron chi connectivity index (χ2n) is 6.45. The van der Waals surface area contributed by atoms with E-state index in [1.165, 1.54) is 4.90 Å². The van der Waals surface area contributed by atoms with Crippen LogP contribution in [0.3, 0.4) is 0 Å². The Hall–Kier alpha value is -2.83. The molecule has 3 rings (SSSR count). The lowest BCUT2D eigenvalue weighted by atomic mass is 10.0. The van der Waals surface area contributed by atoms with Crippen LogP contribution in [0.5, 0.6) is 0 Å². The van der Waals surface area contributed by atoms with Crippen LogP contribution in [0.1, 0.15) is 25.2 Å². The number of rotatable bonds is 3. The van der Waals surface area contributed by atoms with Gasteiger partial charge in [-0.15, -0.1) is 0 Å². The smallest absolute Gasteiger partial charge is 0.325 e. The van der Waals surface area contributed by atoms with Crippen LogP contribution in [0.2, 0.25) is 0 Å². The fourth-order valence-electron chi connectivity index (χ4n) is 2.73. The summed E-state index contributed by atoms with van der Waals surface area (Å²) in [5.41, 5.74) is 1.34. The largest absolute Gasteiger partial charge is 0.461 e. The number of nitrogens with one attached hydrogen (secondary N) is 2. The lowest BCUT2D eigenvalue weighted by Gasteiger charge is -2.27. The zero-order valence-electron chi connectivity index (χ0n) is 14.0. The number of carbonyl (C=O) groups is 3. The summed E-state index contributed by atoms with van der Waals surface area (Å²) in [4.78, 5) is 37.0. The molecule has 1 aliphatic heterocycles. The van der Waals surface area contributed by atoms with E-state index >= 15 is 0 Å². The molecule has 0 unspecified atom stereocenters. The van der Waals surface area contributed by atoms with Crippen molar-refractivity contribution < 1.29 is 18.8 Å². The summed E-state index contributed by atoms with van der Waals surface area (Å²) in [5.74, 6) is 0.0545. The molecule has 7 nitrogen and oxygen atoms in total. The second kappa shape index (κ2) is 5.36. The van der Waals surface area contributed by atoms with Crippen LogP contribution < -0.4 is 10.6 Å². The summed E-state index contributed by atoms with van der Waals surface area (Å²) in [6.07, 6.45) is 0. The average Bonchev–Trinajstić information content (AvgIpc) is 2.88. The zero-order chi connectivity index (χ0) is 17.6. The number of urea groups is 1. The molecule has 7 heteroatoms. The summed E-state index contributed by atoms with van der Waals surface area (Å²) < 4.78 is 5.61. The maximum absolute atomic E-state index is 12.3. The number of aryl methyl sites for hydroxylation is 2. The maximum atomic E-state index is 12.3. The van der Waals surface area contributed by atoms with Crippen LogP contribution >= 0.6 is 0 Å². The van der Waals surface area contributed by atoms with Gasteiger partial charge in [-0.2, -0.15) is 0 Å². The van der Waals surface area contributed by atoms with Crippen LogP contribution in [0.15, 0.2) is 22.6 Å². The number of carbonyl (C=O) groups excluding carboxylic acids is 3. The molecule has 0 atom stereocenters. The Labute approximate surface area is 139 Å². The predicted molar refractivity (Wildman–Crippen MR) is 88.6 cm³/mol. The Kier molecular flexibility index (Phi) is 3.59. The van der Waals surface area contributed by atoms with Crippen molar-refractivity contribution in [2.75, 3.05) is 11.9 Å². The van der Waals surface area contributed by atoms with Crippen molar-refractivity contribution in [3.8, 4) is 0 Å². The SMILES string of the molecule is Cc1oc2ccc(NC(=O)CN3C(=O)NC(=O)C3(C)C)cc2c1C. The Balaban J connectivity index is 1.77. The van der Waals surface area contributed by atoms with Gasteiger partial charge in [0.2, 0.25) is 5.91 Å². The van der Waals surface area contributed by atoms with Crippen molar-refractivity contribution in [2.24, 2.45) is 0 Å². The first-order valence-electron chi connectivity index (χ1n) is 7.63. The highest BCUT2D eigenvalue weighted by Gasteiger charge is 2.46. The number of benzene rings is 1. The molecule has 2 N–H and O–H groups in total. The maximum Gasteiger partial charge on any atom is 0.325 e. The average molecular weight is 329 g/mol. The van der Waals surface area contributed by atoms with Crippen LogP contribution in [0.25, 0.3) is 11.0 Å². The zero-order valence-corrected chi connectivity index (χ0v) is 14.0. The van der Waals surface area contributed by atoms with E-state index in [4.69, 9.17) is 4.42 Å². The first-order valence-corrected chi connectivity index (χ1v) is 7.63. The van der Waals surface area contributed by atoms with Crippen molar-refractivity contribution in [3.63, 3.8) is 0 Å². The van der Waals surface area contributed by atoms with Crippen LogP contribution in [-0.2, 0) is 9.59 Å². The second-order valence-corrected chi connectivity index (χ2v) is 6.45. The molecule has 1 saturated heterocycles. The van der Waals surface area contributed by atoms with E-state index in [1.54, 1.807) is 26.0 Å². The summed E-state index contributed by atoms with van der Waals surface area (Å²) in [5, 5.41) is 5.90. The van der Waals surface area contributed by atoms with Crippen molar-refractivity contribution in [1.82, 2.24) is 10.2 Å². The molecule has 1 aliphatic rings. The van der Waals surface area contributed by atoms with Gasteiger partial charge in [0.25, 0.3) is 5.91 Å². The van der Waals surface area contributed by atoms with Gasteiger partial charge in [0.1, 0.15) is 23.4 Å². The lowest BCUT2D eigenvalue weighted by molar-refractivity contribution is -0.126. The monoisotopic (exact) mass is 329 g/mol. The lowest BCUT2D eigenvalue weighted by Crippen LogP contribution is -2.47. The molecule has 1 aromatic carbocycles. The number of imide groups is 1. The predicted octanol–water partition coefficient (Wildman–Crippen LogP) is 2.32. The summed E-state index contributed by atoms with van der Waals surface area (Å²) in [7, 11) is 0. The third kappa shape index (κ3) is 2.51.